The number of fused-ring (bicyclic) bond motifs is 1. The number of piperidine rings is 1. The Labute approximate surface area is 142 Å². The molecular formula is C17H20BrF3N2. The monoisotopic (exact) mass is 388 g/mol. The maximum absolute atomic E-state index is 12.8. The fourth-order valence-corrected chi connectivity index (χ4v) is 3.83. The summed E-state index contributed by atoms with van der Waals surface area (Å²) in [4.78, 5) is 2.14. The molecule has 1 saturated heterocycles. The summed E-state index contributed by atoms with van der Waals surface area (Å²) < 4.78 is 41.6. The SMILES string of the molecule is CCn1c(CN2CCC(C(F)(F)F)CC2)cc2cc(Br)ccc21. The van der Waals surface area contributed by atoms with Gasteiger partial charge in [0.15, 0.2) is 0 Å². The predicted octanol–water partition coefficient (Wildman–Crippen LogP) is 5.20. The smallest absolute Gasteiger partial charge is 0.344 e. The summed E-state index contributed by atoms with van der Waals surface area (Å²) >= 11 is 3.49. The number of alkyl halides is 3. The number of rotatable bonds is 3. The van der Waals surface area contributed by atoms with Crippen LogP contribution in [0.25, 0.3) is 10.9 Å². The highest BCUT2D eigenvalue weighted by atomic mass is 79.9. The number of aryl methyl sites for hydroxylation is 1. The predicted molar refractivity (Wildman–Crippen MR) is 89.4 cm³/mol. The normalized spacial score (nSPS) is 18.0. The Kier molecular flexibility index (Phi) is 4.74. The fraction of sp³-hybridized carbons (Fsp3) is 0.529. The number of benzene rings is 1. The average Bonchev–Trinajstić information content (AvgIpc) is 2.82. The Morgan fingerprint density at radius 1 is 1.17 bits per heavy atom. The Bertz CT molecular complexity index is 685. The van der Waals surface area contributed by atoms with Crippen LogP contribution in [0.15, 0.2) is 28.7 Å². The summed E-state index contributed by atoms with van der Waals surface area (Å²) in [5.41, 5.74) is 2.35. The highest BCUT2D eigenvalue weighted by Crippen LogP contribution is 2.34. The molecule has 3 rings (SSSR count). The fourth-order valence-electron chi connectivity index (χ4n) is 3.45. The molecule has 0 N–H and O–H groups in total. The third-order valence-corrected chi connectivity index (χ3v) is 5.19. The number of aromatic nitrogens is 1. The van der Waals surface area contributed by atoms with Gasteiger partial charge in [0.25, 0.3) is 0 Å². The van der Waals surface area contributed by atoms with E-state index in [1.807, 2.05) is 6.07 Å². The van der Waals surface area contributed by atoms with E-state index in [-0.39, 0.29) is 12.8 Å². The summed E-state index contributed by atoms with van der Waals surface area (Å²) in [6.07, 6.45) is -3.63. The van der Waals surface area contributed by atoms with Crippen LogP contribution in [0.3, 0.4) is 0 Å². The zero-order valence-electron chi connectivity index (χ0n) is 13.0. The van der Waals surface area contributed by atoms with E-state index in [0.717, 1.165) is 11.0 Å². The Morgan fingerprint density at radius 2 is 1.87 bits per heavy atom. The van der Waals surface area contributed by atoms with Crippen LogP contribution >= 0.6 is 15.9 Å². The molecule has 0 atom stereocenters. The lowest BCUT2D eigenvalue weighted by Crippen LogP contribution is -2.38. The zero-order chi connectivity index (χ0) is 16.6. The molecule has 0 aliphatic carbocycles. The van der Waals surface area contributed by atoms with Crippen molar-refractivity contribution in [3.05, 3.63) is 34.4 Å². The molecule has 126 valence electrons. The highest BCUT2D eigenvalue weighted by molar-refractivity contribution is 9.10. The van der Waals surface area contributed by atoms with Crippen molar-refractivity contribution < 1.29 is 13.2 Å². The topological polar surface area (TPSA) is 8.17 Å². The van der Waals surface area contributed by atoms with E-state index in [0.29, 0.717) is 19.6 Å². The van der Waals surface area contributed by atoms with Gasteiger partial charge < -0.3 is 4.57 Å². The maximum atomic E-state index is 12.8. The number of nitrogens with zero attached hydrogens (tertiary/aromatic N) is 2. The van der Waals surface area contributed by atoms with Crippen molar-refractivity contribution >= 4 is 26.8 Å². The minimum atomic E-state index is -4.04. The van der Waals surface area contributed by atoms with E-state index in [2.05, 4.69) is 50.5 Å². The van der Waals surface area contributed by atoms with Crippen molar-refractivity contribution in [3.63, 3.8) is 0 Å². The van der Waals surface area contributed by atoms with Crippen LogP contribution in [0.5, 0.6) is 0 Å². The summed E-state index contributed by atoms with van der Waals surface area (Å²) in [5, 5.41) is 1.17. The van der Waals surface area contributed by atoms with Gasteiger partial charge in [0, 0.05) is 34.2 Å². The Morgan fingerprint density at radius 3 is 2.48 bits per heavy atom. The lowest BCUT2D eigenvalue weighted by atomic mass is 9.96. The molecule has 1 fully saturated rings. The van der Waals surface area contributed by atoms with Gasteiger partial charge in [0.2, 0.25) is 0 Å². The van der Waals surface area contributed by atoms with Crippen molar-refractivity contribution in [2.45, 2.75) is 39.0 Å². The second-order valence-corrected chi connectivity index (χ2v) is 7.09. The highest BCUT2D eigenvalue weighted by Gasteiger charge is 2.41. The van der Waals surface area contributed by atoms with Crippen LogP contribution in [0, 0.1) is 5.92 Å². The molecule has 0 spiro atoms. The van der Waals surface area contributed by atoms with Crippen LogP contribution in [-0.4, -0.2) is 28.7 Å². The third-order valence-electron chi connectivity index (χ3n) is 4.70. The molecule has 0 saturated carbocycles. The minimum Gasteiger partial charge on any atom is -0.344 e. The van der Waals surface area contributed by atoms with E-state index in [1.165, 1.54) is 16.6 Å². The van der Waals surface area contributed by atoms with Crippen molar-refractivity contribution in [2.24, 2.45) is 5.92 Å². The number of likely N-dealkylation sites (tertiary alicyclic amines) is 1. The van der Waals surface area contributed by atoms with Crippen molar-refractivity contribution in [2.75, 3.05) is 13.1 Å². The first-order valence-electron chi connectivity index (χ1n) is 7.95. The Balaban J connectivity index is 1.75. The molecule has 2 aromatic rings. The number of hydrogen-bond acceptors (Lipinski definition) is 1. The van der Waals surface area contributed by atoms with Crippen molar-refractivity contribution in [1.29, 1.82) is 0 Å². The van der Waals surface area contributed by atoms with Gasteiger partial charge in [-0.25, -0.2) is 0 Å². The quantitative estimate of drug-likeness (QED) is 0.701. The molecule has 0 bridgehead atoms. The summed E-state index contributed by atoms with van der Waals surface area (Å²) in [5.74, 6) is -1.13. The van der Waals surface area contributed by atoms with Crippen LogP contribution < -0.4 is 0 Å². The molecule has 1 aromatic carbocycles. The summed E-state index contributed by atoms with van der Waals surface area (Å²) in [6, 6.07) is 8.34. The van der Waals surface area contributed by atoms with E-state index in [1.54, 1.807) is 0 Å². The molecule has 0 radical (unpaired) electrons. The lowest BCUT2D eigenvalue weighted by molar-refractivity contribution is -0.185. The van der Waals surface area contributed by atoms with Gasteiger partial charge in [0.1, 0.15) is 0 Å². The second-order valence-electron chi connectivity index (χ2n) is 6.18. The van der Waals surface area contributed by atoms with Gasteiger partial charge in [-0.1, -0.05) is 15.9 Å². The first-order valence-corrected chi connectivity index (χ1v) is 8.74. The van der Waals surface area contributed by atoms with Crippen molar-refractivity contribution in [3.8, 4) is 0 Å². The van der Waals surface area contributed by atoms with Crippen LogP contribution in [-0.2, 0) is 13.1 Å². The standard InChI is InChI=1S/C17H20BrF3N2/c1-2-23-15(10-12-9-14(18)3-4-16(12)23)11-22-7-5-13(6-8-22)17(19,20)21/h3-4,9-10,13H,2,5-8,11H2,1H3. The number of hydrogen-bond donors (Lipinski definition) is 0. The van der Waals surface area contributed by atoms with E-state index in [9.17, 15) is 13.2 Å². The van der Waals surface area contributed by atoms with E-state index in [4.69, 9.17) is 0 Å². The largest absolute Gasteiger partial charge is 0.391 e. The molecule has 2 nitrogen and oxygen atoms in total. The van der Waals surface area contributed by atoms with E-state index < -0.39 is 12.1 Å². The molecule has 2 heterocycles. The van der Waals surface area contributed by atoms with Crippen LogP contribution in [0.2, 0.25) is 0 Å². The van der Waals surface area contributed by atoms with Crippen LogP contribution in [0.4, 0.5) is 13.2 Å². The van der Waals surface area contributed by atoms with Gasteiger partial charge in [0.05, 0.1) is 5.92 Å². The molecule has 23 heavy (non-hydrogen) atoms. The van der Waals surface area contributed by atoms with Gasteiger partial charge in [-0.3, -0.25) is 4.90 Å². The molecule has 1 aromatic heterocycles. The second kappa shape index (κ2) is 6.48. The summed E-state index contributed by atoms with van der Waals surface area (Å²) in [6.45, 7) is 4.70. The molecule has 1 aliphatic rings. The van der Waals surface area contributed by atoms with Gasteiger partial charge in [-0.2, -0.15) is 13.2 Å². The molecule has 0 amide bonds. The van der Waals surface area contributed by atoms with Crippen molar-refractivity contribution in [1.82, 2.24) is 9.47 Å². The first kappa shape index (κ1) is 16.8. The Hall–Kier alpha value is -1.01. The first-order chi connectivity index (χ1) is 10.9. The molecule has 6 heteroatoms. The van der Waals surface area contributed by atoms with E-state index >= 15 is 0 Å². The van der Waals surface area contributed by atoms with Gasteiger partial charge in [-0.05, 0) is 57.1 Å². The van der Waals surface area contributed by atoms with Crippen LogP contribution in [0.1, 0.15) is 25.5 Å². The zero-order valence-corrected chi connectivity index (χ0v) is 14.6. The average molecular weight is 389 g/mol. The molecule has 1 aliphatic heterocycles. The summed E-state index contributed by atoms with van der Waals surface area (Å²) in [7, 11) is 0. The maximum Gasteiger partial charge on any atom is 0.391 e. The minimum absolute atomic E-state index is 0.210. The number of halogens is 4. The third kappa shape index (κ3) is 3.58. The molecular weight excluding hydrogens is 369 g/mol. The molecule has 0 unspecified atom stereocenters. The van der Waals surface area contributed by atoms with Gasteiger partial charge >= 0.3 is 6.18 Å². The van der Waals surface area contributed by atoms with Gasteiger partial charge in [-0.15, -0.1) is 0 Å². The lowest BCUT2D eigenvalue weighted by Gasteiger charge is -2.33.